The number of amides is 1. The zero-order chi connectivity index (χ0) is 24.2. The third kappa shape index (κ3) is 5.42. The minimum Gasteiger partial charge on any atom is -0.378 e. The van der Waals surface area contributed by atoms with Crippen LogP contribution in [0, 0.1) is 6.92 Å². The number of halogens is 1. The van der Waals surface area contributed by atoms with Crippen molar-refractivity contribution in [2.24, 2.45) is 0 Å². The van der Waals surface area contributed by atoms with Crippen molar-refractivity contribution < 1.29 is 9.53 Å². The van der Waals surface area contributed by atoms with Gasteiger partial charge in [0.1, 0.15) is 0 Å². The van der Waals surface area contributed by atoms with Crippen LogP contribution in [0.15, 0.2) is 78.0 Å². The van der Waals surface area contributed by atoms with E-state index < -0.39 is 0 Å². The Balaban J connectivity index is 1.42. The van der Waals surface area contributed by atoms with Gasteiger partial charge in [0.2, 0.25) is 0 Å². The molecule has 0 atom stereocenters. The summed E-state index contributed by atoms with van der Waals surface area (Å²) >= 11 is 7.89. The highest BCUT2D eigenvalue weighted by Gasteiger charge is 2.20. The van der Waals surface area contributed by atoms with Crippen molar-refractivity contribution in [3.8, 4) is 17.1 Å². The molecule has 6 nitrogen and oxygen atoms in total. The van der Waals surface area contributed by atoms with Gasteiger partial charge in [-0.1, -0.05) is 71.4 Å². The number of aryl methyl sites for hydroxylation is 1. The lowest BCUT2D eigenvalue weighted by Crippen LogP contribution is -2.40. The Morgan fingerprint density at radius 3 is 2.54 bits per heavy atom. The van der Waals surface area contributed by atoms with Crippen LogP contribution >= 0.6 is 23.4 Å². The zero-order valence-electron chi connectivity index (χ0n) is 19.4. The van der Waals surface area contributed by atoms with Gasteiger partial charge < -0.3 is 9.64 Å². The summed E-state index contributed by atoms with van der Waals surface area (Å²) in [4.78, 5) is 14.8. The molecule has 1 saturated heterocycles. The molecule has 0 spiro atoms. The molecule has 1 amide bonds. The van der Waals surface area contributed by atoms with Gasteiger partial charge in [-0.3, -0.25) is 9.36 Å². The van der Waals surface area contributed by atoms with Gasteiger partial charge in [-0.15, -0.1) is 10.2 Å². The van der Waals surface area contributed by atoms with Crippen molar-refractivity contribution in [2.45, 2.75) is 17.8 Å². The Morgan fingerprint density at radius 2 is 1.77 bits per heavy atom. The maximum Gasteiger partial charge on any atom is 0.254 e. The molecular weight excluding hydrogens is 480 g/mol. The molecule has 1 aliphatic rings. The van der Waals surface area contributed by atoms with E-state index in [1.165, 1.54) is 5.56 Å². The van der Waals surface area contributed by atoms with Crippen LogP contribution in [0.1, 0.15) is 21.5 Å². The normalized spacial score (nSPS) is 13.7. The Labute approximate surface area is 213 Å². The molecule has 5 rings (SSSR count). The lowest BCUT2D eigenvalue weighted by atomic mass is 10.1. The van der Waals surface area contributed by atoms with Crippen LogP contribution in [0.5, 0.6) is 0 Å². The predicted octanol–water partition coefficient (Wildman–Crippen LogP) is 5.66. The van der Waals surface area contributed by atoms with Gasteiger partial charge in [0.05, 0.1) is 18.9 Å². The fourth-order valence-electron chi connectivity index (χ4n) is 3.99. The van der Waals surface area contributed by atoms with Gasteiger partial charge in [-0.2, -0.15) is 0 Å². The maximum atomic E-state index is 12.9. The molecule has 4 aromatic rings. The first-order valence-electron chi connectivity index (χ1n) is 11.5. The van der Waals surface area contributed by atoms with Crippen molar-refractivity contribution >= 4 is 29.3 Å². The summed E-state index contributed by atoms with van der Waals surface area (Å²) in [6.45, 7) is 4.49. The van der Waals surface area contributed by atoms with Gasteiger partial charge in [0.25, 0.3) is 5.91 Å². The number of aromatic nitrogens is 3. The summed E-state index contributed by atoms with van der Waals surface area (Å²) in [5.41, 5.74) is 4.81. The second kappa shape index (κ2) is 10.6. The quantitative estimate of drug-likeness (QED) is 0.317. The maximum absolute atomic E-state index is 12.9. The highest BCUT2D eigenvalue weighted by atomic mass is 35.5. The zero-order valence-corrected chi connectivity index (χ0v) is 20.9. The van der Waals surface area contributed by atoms with Crippen molar-refractivity contribution in [1.29, 1.82) is 0 Å². The molecule has 0 bridgehead atoms. The first-order chi connectivity index (χ1) is 17.1. The highest BCUT2D eigenvalue weighted by molar-refractivity contribution is 7.98. The molecule has 1 aromatic heterocycles. The van der Waals surface area contributed by atoms with Crippen LogP contribution in [0.2, 0.25) is 5.02 Å². The van der Waals surface area contributed by atoms with E-state index in [-0.39, 0.29) is 5.91 Å². The summed E-state index contributed by atoms with van der Waals surface area (Å²) in [5.74, 6) is 1.45. The first kappa shape index (κ1) is 23.6. The molecule has 1 aliphatic heterocycles. The topological polar surface area (TPSA) is 60.3 Å². The van der Waals surface area contributed by atoms with Gasteiger partial charge >= 0.3 is 0 Å². The molecule has 0 N–H and O–H groups in total. The Morgan fingerprint density at radius 1 is 1.00 bits per heavy atom. The molecule has 0 aliphatic carbocycles. The Hall–Kier alpha value is -3.13. The third-order valence-corrected chi connectivity index (χ3v) is 7.08. The van der Waals surface area contributed by atoms with Crippen molar-refractivity contribution in [2.75, 3.05) is 26.3 Å². The van der Waals surface area contributed by atoms with Gasteiger partial charge in [-0.25, -0.2) is 0 Å². The van der Waals surface area contributed by atoms with Crippen LogP contribution in [0.4, 0.5) is 0 Å². The summed E-state index contributed by atoms with van der Waals surface area (Å²) in [6.07, 6.45) is 0. The van der Waals surface area contributed by atoms with E-state index in [0.29, 0.717) is 42.6 Å². The van der Waals surface area contributed by atoms with E-state index >= 15 is 0 Å². The molecule has 0 saturated carbocycles. The first-order valence-corrected chi connectivity index (χ1v) is 12.8. The van der Waals surface area contributed by atoms with Gasteiger partial charge in [0, 0.05) is 35.0 Å². The SMILES string of the molecule is Cc1ccc(-c2nnc(SCc3cccc(C(=O)N4CCOCC4)c3)n2-c2cccc(Cl)c2)cc1. The minimum atomic E-state index is 0.0453. The summed E-state index contributed by atoms with van der Waals surface area (Å²) in [6, 6.07) is 23.7. The standard InChI is InChI=1S/C27H25ClN4O2S/c1-19-8-10-21(11-9-19)25-29-30-27(32(25)24-7-3-6-23(28)17-24)35-18-20-4-2-5-22(16-20)26(33)31-12-14-34-15-13-31/h2-11,16-17H,12-15,18H2,1H3. The summed E-state index contributed by atoms with van der Waals surface area (Å²) < 4.78 is 7.40. The number of morpholine rings is 1. The Kier molecular flexibility index (Phi) is 7.18. The number of carbonyl (C=O) groups excluding carboxylic acids is 1. The number of thioether (sulfide) groups is 1. The fourth-order valence-corrected chi connectivity index (χ4v) is 5.07. The van der Waals surface area contributed by atoms with E-state index in [9.17, 15) is 4.79 Å². The van der Waals surface area contributed by atoms with Crippen LogP contribution in [-0.4, -0.2) is 51.9 Å². The number of nitrogens with zero attached hydrogens (tertiary/aromatic N) is 4. The third-order valence-electron chi connectivity index (χ3n) is 5.85. The van der Waals surface area contributed by atoms with E-state index in [1.807, 2.05) is 58.0 Å². The molecule has 178 valence electrons. The number of benzene rings is 3. The van der Waals surface area contributed by atoms with Gasteiger partial charge in [-0.05, 0) is 42.8 Å². The summed E-state index contributed by atoms with van der Waals surface area (Å²) in [7, 11) is 0. The van der Waals surface area contributed by atoms with E-state index in [4.69, 9.17) is 16.3 Å². The van der Waals surface area contributed by atoms with Gasteiger partial charge in [0.15, 0.2) is 11.0 Å². The molecule has 0 unspecified atom stereocenters. The molecule has 35 heavy (non-hydrogen) atoms. The molecule has 1 fully saturated rings. The predicted molar refractivity (Wildman–Crippen MR) is 139 cm³/mol. The number of rotatable bonds is 6. The average Bonchev–Trinajstić information content (AvgIpc) is 3.32. The van der Waals surface area contributed by atoms with Crippen molar-refractivity contribution in [3.63, 3.8) is 0 Å². The highest BCUT2D eigenvalue weighted by Crippen LogP contribution is 2.31. The lowest BCUT2D eigenvalue weighted by molar-refractivity contribution is 0.0303. The number of hydrogen-bond donors (Lipinski definition) is 0. The molecule has 8 heteroatoms. The minimum absolute atomic E-state index is 0.0453. The smallest absolute Gasteiger partial charge is 0.254 e. The largest absolute Gasteiger partial charge is 0.378 e. The monoisotopic (exact) mass is 504 g/mol. The average molecular weight is 505 g/mol. The lowest BCUT2D eigenvalue weighted by Gasteiger charge is -2.27. The summed E-state index contributed by atoms with van der Waals surface area (Å²) in [5, 5.41) is 10.4. The van der Waals surface area contributed by atoms with Crippen molar-refractivity contribution in [3.05, 3.63) is 94.5 Å². The second-order valence-electron chi connectivity index (χ2n) is 8.38. The number of ether oxygens (including phenoxy) is 1. The van der Waals surface area contributed by atoms with E-state index in [2.05, 4.69) is 41.4 Å². The fraction of sp³-hybridized carbons (Fsp3) is 0.222. The number of carbonyl (C=O) groups is 1. The second-order valence-corrected chi connectivity index (χ2v) is 9.76. The van der Waals surface area contributed by atoms with E-state index in [0.717, 1.165) is 27.8 Å². The molecular formula is C27H25ClN4O2S. The van der Waals surface area contributed by atoms with Crippen LogP contribution < -0.4 is 0 Å². The number of hydrogen-bond acceptors (Lipinski definition) is 5. The molecule has 2 heterocycles. The molecule has 3 aromatic carbocycles. The van der Waals surface area contributed by atoms with E-state index in [1.54, 1.807) is 11.8 Å². The molecule has 0 radical (unpaired) electrons. The van der Waals surface area contributed by atoms with Crippen LogP contribution in [0.3, 0.4) is 0 Å². The van der Waals surface area contributed by atoms with Crippen molar-refractivity contribution in [1.82, 2.24) is 19.7 Å². The van der Waals surface area contributed by atoms with Crippen LogP contribution in [0.25, 0.3) is 17.1 Å². The Bertz CT molecular complexity index is 1330. The van der Waals surface area contributed by atoms with Crippen LogP contribution in [-0.2, 0) is 10.5 Å².